The quantitative estimate of drug-likeness (QED) is 0.591. The van der Waals surface area contributed by atoms with Crippen molar-refractivity contribution in [3.63, 3.8) is 0 Å². The van der Waals surface area contributed by atoms with Crippen LogP contribution >= 0.6 is 11.6 Å². The smallest absolute Gasteiger partial charge is 0.240 e. The molecule has 1 saturated heterocycles. The maximum Gasteiger partial charge on any atom is 0.240 e. The minimum atomic E-state index is -3.56. The van der Waals surface area contributed by atoms with Crippen molar-refractivity contribution in [1.82, 2.24) is 9.62 Å². The van der Waals surface area contributed by atoms with Gasteiger partial charge in [0.25, 0.3) is 0 Å². The van der Waals surface area contributed by atoms with Gasteiger partial charge in [-0.2, -0.15) is 0 Å². The lowest BCUT2D eigenvalue weighted by atomic mass is 10.2. The minimum absolute atomic E-state index is 0.153. The van der Waals surface area contributed by atoms with Crippen LogP contribution in [0, 0.1) is 6.92 Å². The Labute approximate surface area is 184 Å². The molecule has 164 valence electrons. The number of methoxy groups -OCH3 is 1. The summed E-state index contributed by atoms with van der Waals surface area (Å²) in [5.41, 5.74) is 2.58. The molecule has 0 radical (unpaired) electrons. The number of aryl methyl sites for hydroxylation is 1. The maximum atomic E-state index is 12.4. The average Bonchev–Trinajstić information content (AvgIpc) is 2.74. The first-order chi connectivity index (χ1) is 14.4. The predicted molar refractivity (Wildman–Crippen MR) is 122 cm³/mol. The number of halogens is 1. The highest BCUT2D eigenvalue weighted by molar-refractivity contribution is 7.89. The number of unbranched alkanes of at least 4 members (excludes halogenated alkanes) is 1. The summed E-state index contributed by atoms with van der Waals surface area (Å²) in [4.78, 5) is 5.03. The van der Waals surface area contributed by atoms with E-state index in [9.17, 15) is 8.42 Å². The van der Waals surface area contributed by atoms with Crippen LogP contribution < -0.4 is 14.4 Å². The topological polar surface area (TPSA) is 61.9 Å². The Hall–Kier alpha value is -1.80. The second kappa shape index (κ2) is 10.5. The molecule has 0 atom stereocenters. The standard InChI is InChI=1S/C22H30ClN3O3S/c1-18-6-5-7-19(16-18)26-14-12-25(13-15-26)11-4-3-10-24-30(27,28)20-8-9-22(29-2)21(23)17-20/h5-9,16-17,24H,3-4,10-15H2,1-2H3. The van der Waals surface area contributed by atoms with Crippen LogP contribution in [0.1, 0.15) is 18.4 Å². The summed E-state index contributed by atoms with van der Waals surface area (Å²) in [6.07, 6.45) is 1.75. The van der Waals surface area contributed by atoms with Gasteiger partial charge in [0, 0.05) is 38.4 Å². The molecule has 1 heterocycles. The number of anilines is 1. The summed E-state index contributed by atoms with van der Waals surface area (Å²) >= 11 is 6.04. The zero-order chi connectivity index (χ0) is 21.6. The van der Waals surface area contributed by atoms with Crippen molar-refractivity contribution in [3.8, 4) is 5.75 Å². The molecule has 1 N–H and O–H groups in total. The Kier molecular flexibility index (Phi) is 7.99. The van der Waals surface area contributed by atoms with Crippen molar-refractivity contribution >= 4 is 27.3 Å². The molecule has 0 aromatic heterocycles. The lowest BCUT2D eigenvalue weighted by Crippen LogP contribution is -2.46. The van der Waals surface area contributed by atoms with Crippen molar-refractivity contribution in [3.05, 3.63) is 53.1 Å². The molecule has 30 heavy (non-hydrogen) atoms. The number of sulfonamides is 1. The fraction of sp³-hybridized carbons (Fsp3) is 0.455. The van der Waals surface area contributed by atoms with Gasteiger partial charge in [-0.05, 0) is 62.2 Å². The van der Waals surface area contributed by atoms with E-state index in [0.29, 0.717) is 12.3 Å². The Morgan fingerprint density at radius 3 is 2.50 bits per heavy atom. The number of hydrogen-bond acceptors (Lipinski definition) is 5. The molecule has 8 heteroatoms. The lowest BCUT2D eigenvalue weighted by molar-refractivity contribution is 0.253. The van der Waals surface area contributed by atoms with E-state index in [-0.39, 0.29) is 9.92 Å². The zero-order valence-corrected chi connectivity index (χ0v) is 19.2. The molecule has 1 aliphatic rings. The molecule has 0 amide bonds. The lowest BCUT2D eigenvalue weighted by Gasteiger charge is -2.36. The number of nitrogens with zero attached hydrogens (tertiary/aromatic N) is 2. The van der Waals surface area contributed by atoms with E-state index in [4.69, 9.17) is 16.3 Å². The number of hydrogen-bond donors (Lipinski definition) is 1. The third kappa shape index (κ3) is 6.11. The summed E-state index contributed by atoms with van der Waals surface area (Å²) in [5.74, 6) is 0.457. The van der Waals surface area contributed by atoms with Crippen molar-refractivity contribution < 1.29 is 13.2 Å². The molecule has 1 aliphatic heterocycles. The minimum Gasteiger partial charge on any atom is -0.495 e. The third-order valence-corrected chi connectivity index (χ3v) is 7.12. The Morgan fingerprint density at radius 1 is 1.07 bits per heavy atom. The van der Waals surface area contributed by atoms with Gasteiger partial charge in [0.1, 0.15) is 5.75 Å². The van der Waals surface area contributed by atoms with E-state index in [1.54, 1.807) is 6.07 Å². The first-order valence-corrected chi connectivity index (χ1v) is 12.1. The van der Waals surface area contributed by atoms with Crippen LogP contribution in [0.25, 0.3) is 0 Å². The normalized spacial score (nSPS) is 15.4. The number of benzene rings is 2. The van der Waals surface area contributed by atoms with Crippen LogP contribution in [0.5, 0.6) is 5.75 Å². The summed E-state index contributed by atoms with van der Waals surface area (Å²) in [6, 6.07) is 13.1. The van der Waals surface area contributed by atoms with Gasteiger partial charge in [-0.3, -0.25) is 4.90 Å². The van der Waals surface area contributed by atoms with E-state index >= 15 is 0 Å². The molecule has 1 fully saturated rings. The number of nitrogens with one attached hydrogen (secondary N) is 1. The van der Waals surface area contributed by atoms with Gasteiger partial charge in [0.15, 0.2) is 0 Å². The molecule has 2 aromatic rings. The first kappa shape index (κ1) is 22.9. The summed E-state index contributed by atoms with van der Waals surface area (Å²) in [7, 11) is -2.07. The van der Waals surface area contributed by atoms with Crippen molar-refractivity contribution in [2.24, 2.45) is 0 Å². The highest BCUT2D eigenvalue weighted by Gasteiger charge is 2.18. The number of rotatable bonds is 9. The van der Waals surface area contributed by atoms with Gasteiger partial charge in [-0.15, -0.1) is 0 Å². The molecule has 3 rings (SSSR count). The Bertz CT molecular complexity index is 944. The Morgan fingerprint density at radius 2 is 1.83 bits per heavy atom. The van der Waals surface area contributed by atoms with Crippen molar-refractivity contribution in [2.75, 3.05) is 51.3 Å². The van der Waals surface area contributed by atoms with Crippen LogP contribution in [-0.4, -0.2) is 59.7 Å². The maximum absolute atomic E-state index is 12.4. The van der Waals surface area contributed by atoms with Crippen LogP contribution in [0.15, 0.2) is 47.4 Å². The fourth-order valence-electron chi connectivity index (χ4n) is 3.62. The fourth-order valence-corrected chi connectivity index (χ4v) is 5.04. The van der Waals surface area contributed by atoms with Crippen LogP contribution in [0.2, 0.25) is 5.02 Å². The number of ether oxygens (including phenoxy) is 1. The van der Waals surface area contributed by atoms with E-state index in [2.05, 4.69) is 45.7 Å². The van der Waals surface area contributed by atoms with E-state index < -0.39 is 10.0 Å². The highest BCUT2D eigenvalue weighted by atomic mass is 35.5. The molecule has 0 aliphatic carbocycles. The van der Waals surface area contributed by atoms with E-state index in [1.807, 2.05) is 0 Å². The summed E-state index contributed by atoms with van der Waals surface area (Å²) in [5, 5.41) is 0.283. The largest absolute Gasteiger partial charge is 0.495 e. The molecular weight excluding hydrogens is 422 g/mol. The summed E-state index contributed by atoms with van der Waals surface area (Å²) in [6.45, 7) is 7.63. The molecule has 0 unspecified atom stereocenters. The highest BCUT2D eigenvalue weighted by Crippen LogP contribution is 2.26. The second-order valence-corrected chi connectivity index (χ2v) is 9.74. The van der Waals surface area contributed by atoms with Crippen molar-refractivity contribution in [2.45, 2.75) is 24.7 Å². The SMILES string of the molecule is COc1ccc(S(=O)(=O)NCCCCN2CCN(c3cccc(C)c3)CC2)cc1Cl. The number of piperazine rings is 1. The van der Waals surface area contributed by atoms with Gasteiger partial charge in [-0.1, -0.05) is 23.7 Å². The molecule has 6 nitrogen and oxygen atoms in total. The van der Waals surface area contributed by atoms with E-state index in [1.165, 1.54) is 30.5 Å². The van der Waals surface area contributed by atoms with Crippen LogP contribution in [0.3, 0.4) is 0 Å². The molecule has 2 aromatic carbocycles. The monoisotopic (exact) mass is 451 g/mol. The average molecular weight is 452 g/mol. The molecule has 0 saturated carbocycles. The Balaban J connectivity index is 1.37. The zero-order valence-electron chi connectivity index (χ0n) is 17.6. The summed E-state index contributed by atoms with van der Waals surface area (Å²) < 4.78 is 32.6. The second-order valence-electron chi connectivity index (χ2n) is 7.57. The van der Waals surface area contributed by atoms with E-state index in [0.717, 1.165) is 45.6 Å². The van der Waals surface area contributed by atoms with Gasteiger partial charge in [0.05, 0.1) is 17.0 Å². The molecule has 0 bridgehead atoms. The van der Waals surface area contributed by atoms with Gasteiger partial charge in [0.2, 0.25) is 10.0 Å². The van der Waals surface area contributed by atoms with Gasteiger partial charge >= 0.3 is 0 Å². The van der Waals surface area contributed by atoms with Gasteiger partial charge in [-0.25, -0.2) is 13.1 Å². The third-order valence-electron chi connectivity index (χ3n) is 5.37. The van der Waals surface area contributed by atoms with Crippen LogP contribution in [-0.2, 0) is 10.0 Å². The van der Waals surface area contributed by atoms with Crippen molar-refractivity contribution in [1.29, 1.82) is 0 Å². The van der Waals surface area contributed by atoms with Crippen LogP contribution in [0.4, 0.5) is 5.69 Å². The molecular formula is C22H30ClN3O3S. The molecule has 0 spiro atoms. The predicted octanol–water partition coefficient (Wildman–Crippen LogP) is 3.54. The van der Waals surface area contributed by atoms with Gasteiger partial charge < -0.3 is 9.64 Å². The first-order valence-electron chi connectivity index (χ1n) is 10.3.